The van der Waals surface area contributed by atoms with Crippen molar-refractivity contribution in [2.45, 2.75) is 78.3 Å². The molecule has 0 aromatic heterocycles. The summed E-state index contributed by atoms with van der Waals surface area (Å²) in [5.74, 6) is -2.65. The maximum Gasteiger partial charge on any atom is 0.255 e. The van der Waals surface area contributed by atoms with Gasteiger partial charge in [-0.1, -0.05) is 37.3 Å². The molecule has 2 unspecified atom stereocenters. The molecule has 0 aliphatic carbocycles. The maximum atomic E-state index is 14.0. The fraction of sp³-hybridized carbons (Fsp3) is 0.286. The third kappa shape index (κ3) is 8.32. The average Bonchev–Trinajstić information content (AvgIpc) is 3.69. The minimum absolute atomic E-state index is 0. The predicted octanol–water partition coefficient (Wildman–Crippen LogP) is 4.92. The van der Waals surface area contributed by atoms with Gasteiger partial charge in [0.05, 0.1) is 0 Å². The highest BCUT2D eigenvalue weighted by molar-refractivity contribution is 6.07. The number of nitrogens with one attached hydrogen (secondary N) is 4. The van der Waals surface area contributed by atoms with Crippen molar-refractivity contribution in [3.63, 3.8) is 0 Å². The molecule has 0 saturated carbocycles. The van der Waals surface area contributed by atoms with Crippen LogP contribution in [-0.4, -0.2) is 57.3 Å². The van der Waals surface area contributed by atoms with E-state index in [1.807, 2.05) is 19.1 Å². The Balaban J connectivity index is 0.000000189. The molecule has 4 aliphatic rings. The summed E-state index contributed by atoms with van der Waals surface area (Å²) in [4.78, 5) is 75.7. The molecule has 0 bridgehead atoms. The molecular weight excluding hydrogens is 737 g/mol. The fourth-order valence-corrected chi connectivity index (χ4v) is 7.45. The third-order valence-corrected chi connectivity index (χ3v) is 10.4. The molecule has 6 amide bonds. The number of anilines is 3. The van der Waals surface area contributed by atoms with Gasteiger partial charge >= 0.3 is 0 Å². The number of benzene rings is 4. The van der Waals surface area contributed by atoms with Gasteiger partial charge in [-0.2, -0.15) is 0 Å². The first kappa shape index (κ1) is 40.0. The lowest BCUT2D eigenvalue weighted by Crippen LogP contribution is -2.52. The van der Waals surface area contributed by atoms with Crippen LogP contribution in [0, 0.1) is 18.6 Å². The minimum atomic E-state index is -0.670. The summed E-state index contributed by atoms with van der Waals surface area (Å²) in [5.41, 5.74) is 12.1. The zero-order valence-electron chi connectivity index (χ0n) is 30.4. The summed E-state index contributed by atoms with van der Waals surface area (Å²) in [7, 11) is 0. The molecule has 4 heterocycles. The molecule has 15 heteroatoms. The van der Waals surface area contributed by atoms with Crippen molar-refractivity contribution in [3.8, 4) is 0 Å². The Morgan fingerprint density at radius 2 is 1.12 bits per heavy atom. The van der Waals surface area contributed by atoms with Gasteiger partial charge in [0, 0.05) is 89.5 Å². The molecule has 13 nitrogen and oxygen atoms in total. The van der Waals surface area contributed by atoms with Crippen LogP contribution in [0.2, 0.25) is 0 Å². The number of rotatable bonds is 8. The van der Waals surface area contributed by atoms with Gasteiger partial charge in [-0.3, -0.25) is 39.4 Å². The molecule has 6 N–H and O–H groups in total. The van der Waals surface area contributed by atoms with Crippen LogP contribution < -0.4 is 27.0 Å². The Kier molecular flexibility index (Phi) is 11.7. The van der Waals surface area contributed by atoms with E-state index in [2.05, 4.69) is 21.3 Å². The molecule has 2 fully saturated rings. The second-order valence-corrected chi connectivity index (χ2v) is 14.1. The summed E-state index contributed by atoms with van der Waals surface area (Å²) in [6.45, 7) is 2.93. The fourth-order valence-electron chi connectivity index (χ4n) is 7.45. The lowest BCUT2D eigenvalue weighted by molar-refractivity contribution is -0.138. The lowest BCUT2D eigenvalue weighted by atomic mass is 10.0. The summed E-state index contributed by atoms with van der Waals surface area (Å²) >= 11 is 0. The zero-order valence-corrected chi connectivity index (χ0v) is 30.4. The van der Waals surface area contributed by atoms with Crippen LogP contribution in [0.4, 0.5) is 25.8 Å². The van der Waals surface area contributed by atoms with E-state index < -0.39 is 23.9 Å². The lowest BCUT2D eigenvalue weighted by Gasteiger charge is -2.29. The van der Waals surface area contributed by atoms with Crippen molar-refractivity contribution in [2.24, 2.45) is 0 Å². The zero-order chi connectivity index (χ0) is 39.7. The van der Waals surface area contributed by atoms with Crippen molar-refractivity contribution in [1.82, 2.24) is 20.4 Å². The van der Waals surface area contributed by atoms with Gasteiger partial charge < -0.3 is 26.2 Å². The number of carbonyl (C=O) groups excluding carboxylic acids is 6. The van der Waals surface area contributed by atoms with Gasteiger partial charge in [0.1, 0.15) is 23.7 Å². The Hall–Kier alpha value is -6.64. The summed E-state index contributed by atoms with van der Waals surface area (Å²) in [5, 5.41) is 11.0. The monoisotopic (exact) mass is 779 g/mol. The SMILES string of the molecule is C.Cc1ccc(F)c(CNc2cccc3c2CN(C2CCC(=O)NC2=O)C3=O)c1.Nc1ccc(F)c(CNc2cccc3c2CN(C2CCC(=O)NC2=O)C3=O)c1. The Bertz CT molecular complexity index is 2140. The van der Waals surface area contributed by atoms with E-state index >= 15 is 0 Å². The molecule has 296 valence electrons. The van der Waals surface area contributed by atoms with Crippen molar-refractivity contribution in [3.05, 3.63) is 123 Å². The highest BCUT2D eigenvalue weighted by Gasteiger charge is 2.41. The molecule has 0 radical (unpaired) electrons. The standard InChI is InChI=1S/C21H20FN3O3.C20H19FN4O3.CH4/c1-12-5-6-16(22)13(9-12)10-23-17-4-2-3-14-15(17)11-25(21(14)28)18-7-8-19(26)24-20(18)27;21-15-5-4-12(22)8-11(15)9-23-16-3-1-2-13-14(16)10-25(20(13)28)17-6-7-18(26)24-19(17)27;/h2-6,9,18,23H,7-8,10-11H2,1H3,(H,24,26,27);1-5,8,17,23H,6-7,9-10,22H2,(H,24,26,27);1H4. The molecule has 57 heavy (non-hydrogen) atoms. The smallest absolute Gasteiger partial charge is 0.255 e. The molecular formula is C42H43F2N7O6. The number of halogens is 2. The van der Waals surface area contributed by atoms with E-state index in [1.165, 1.54) is 28.0 Å². The summed E-state index contributed by atoms with van der Waals surface area (Å²) in [6, 6.07) is 18.6. The average molecular weight is 780 g/mol. The number of nitrogens with zero attached hydrogens (tertiary/aromatic N) is 2. The molecule has 8 rings (SSSR count). The van der Waals surface area contributed by atoms with E-state index in [4.69, 9.17) is 5.73 Å². The van der Waals surface area contributed by atoms with Crippen molar-refractivity contribution in [2.75, 3.05) is 16.4 Å². The number of aryl methyl sites for hydroxylation is 1. The van der Waals surface area contributed by atoms with Crippen LogP contribution in [0.3, 0.4) is 0 Å². The number of nitrogens with two attached hydrogens (primary N) is 1. The van der Waals surface area contributed by atoms with Gasteiger partial charge in [-0.15, -0.1) is 0 Å². The van der Waals surface area contributed by atoms with Crippen LogP contribution in [0.15, 0.2) is 72.8 Å². The van der Waals surface area contributed by atoms with E-state index in [-0.39, 0.29) is 81.7 Å². The largest absolute Gasteiger partial charge is 0.399 e. The van der Waals surface area contributed by atoms with Crippen molar-refractivity contribution >= 4 is 52.5 Å². The second kappa shape index (κ2) is 16.6. The predicted molar refractivity (Wildman–Crippen MR) is 208 cm³/mol. The summed E-state index contributed by atoms with van der Waals surface area (Å²) < 4.78 is 28.0. The van der Waals surface area contributed by atoms with Gasteiger partial charge in [0.2, 0.25) is 23.6 Å². The Morgan fingerprint density at radius 3 is 1.60 bits per heavy atom. The van der Waals surface area contributed by atoms with E-state index in [9.17, 15) is 37.5 Å². The minimum Gasteiger partial charge on any atom is -0.399 e. The third-order valence-electron chi connectivity index (χ3n) is 10.4. The van der Waals surface area contributed by atoms with Gasteiger partial charge in [0.25, 0.3) is 11.8 Å². The first-order valence-corrected chi connectivity index (χ1v) is 18.2. The van der Waals surface area contributed by atoms with Gasteiger partial charge in [-0.25, -0.2) is 8.78 Å². The molecule has 4 aromatic carbocycles. The van der Waals surface area contributed by atoms with Crippen LogP contribution in [-0.2, 0) is 45.4 Å². The molecule has 2 atom stereocenters. The number of carbonyl (C=O) groups is 6. The molecule has 4 aliphatic heterocycles. The quantitative estimate of drug-likeness (QED) is 0.122. The van der Waals surface area contributed by atoms with Gasteiger partial charge in [-0.05, 0) is 68.3 Å². The number of amides is 6. The van der Waals surface area contributed by atoms with E-state index in [0.717, 1.165) is 22.4 Å². The number of imide groups is 2. The number of nitrogen functional groups attached to an aromatic ring is 1. The molecule has 0 spiro atoms. The molecule has 2 saturated heterocycles. The Morgan fingerprint density at radius 1 is 0.667 bits per heavy atom. The van der Waals surface area contributed by atoms with Gasteiger partial charge in [0.15, 0.2) is 0 Å². The number of fused-ring (bicyclic) bond motifs is 2. The first-order valence-electron chi connectivity index (χ1n) is 18.2. The maximum absolute atomic E-state index is 14.0. The highest BCUT2D eigenvalue weighted by Crippen LogP contribution is 2.34. The second-order valence-electron chi connectivity index (χ2n) is 14.1. The highest BCUT2D eigenvalue weighted by atomic mass is 19.1. The van der Waals surface area contributed by atoms with Crippen molar-refractivity contribution in [1.29, 1.82) is 0 Å². The number of hydrogen-bond acceptors (Lipinski definition) is 9. The number of hydrogen-bond donors (Lipinski definition) is 5. The first-order chi connectivity index (χ1) is 26.9. The van der Waals surface area contributed by atoms with E-state index in [0.29, 0.717) is 46.5 Å². The van der Waals surface area contributed by atoms with Crippen molar-refractivity contribution < 1.29 is 37.5 Å². The summed E-state index contributed by atoms with van der Waals surface area (Å²) in [6.07, 6.45) is 1.05. The number of piperidine rings is 2. The molecule has 4 aromatic rings. The normalized spacial score (nSPS) is 18.5. The van der Waals surface area contributed by atoms with Crippen LogP contribution in [0.1, 0.15) is 81.6 Å². The van der Waals surface area contributed by atoms with Crippen LogP contribution in [0.5, 0.6) is 0 Å². The van der Waals surface area contributed by atoms with Crippen LogP contribution in [0.25, 0.3) is 0 Å². The topological polar surface area (TPSA) is 183 Å². The Labute approximate surface area is 328 Å². The van der Waals surface area contributed by atoms with E-state index in [1.54, 1.807) is 42.5 Å². The van der Waals surface area contributed by atoms with Crippen LogP contribution >= 0.6 is 0 Å².